The van der Waals surface area contributed by atoms with Crippen LogP contribution in [0.4, 0.5) is 0 Å². The Morgan fingerprint density at radius 1 is 0.538 bits per heavy atom. The number of fused-ring (bicyclic) bond motifs is 8. The minimum absolute atomic E-state index is 0.159. The second-order valence-electron chi connectivity index (χ2n) is 14.3. The first kappa shape index (κ1) is 30.1. The quantitative estimate of drug-likeness (QED) is 0.188. The highest BCUT2D eigenvalue weighted by Gasteiger charge is 2.38. The smallest absolute Gasteiger partial charge is 0.0991 e. The summed E-state index contributed by atoms with van der Waals surface area (Å²) in [6.45, 7) is 4.72. The Morgan fingerprint density at radius 2 is 1.27 bits per heavy atom. The maximum atomic E-state index is 9.84. The van der Waals surface area contributed by atoms with Crippen LogP contribution in [0.25, 0.3) is 83.0 Å². The number of nitriles is 1. The number of benzene rings is 7. The number of hydrogen-bond donors (Lipinski definition) is 0. The van der Waals surface area contributed by atoms with Crippen LogP contribution < -0.4 is 0 Å². The van der Waals surface area contributed by atoms with Crippen LogP contribution in [0, 0.1) is 11.3 Å². The molecule has 0 radical (unpaired) electrons. The van der Waals surface area contributed by atoms with Crippen molar-refractivity contribution in [3.63, 3.8) is 0 Å². The van der Waals surface area contributed by atoms with Gasteiger partial charge in [0, 0.05) is 32.8 Å². The van der Waals surface area contributed by atoms with Crippen molar-refractivity contribution in [1.82, 2.24) is 9.55 Å². The molecule has 0 fully saturated rings. The SMILES string of the molecule is CC1(C)c2ccccc2-c2ccc3c(c21)c1ccccc1n3-c1cc(-c2cccc(C#N)c2)cc(-c2cc(-c3ccccc3)c3ccccc3n2)c1. The zero-order valence-corrected chi connectivity index (χ0v) is 28.9. The van der Waals surface area contributed by atoms with E-state index in [1.807, 2.05) is 18.2 Å². The van der Waals surface area contributed by atoms with Gasteiger partial charge in [-0.1, -0.05) is 123 Å². The van der Waals surface area contributed by atoms with Gasteiger partial charge in [0.15, 0.2) is 0 Å². The second kappa shape index (κ2) is 11.4. The van der Waals surface area contributed by atoms with Gasteiger partial charge < -0.3 is 4.57 Å². The molecule has 3 heteroatoms. The molecule has 9 aromatic rings. The Kier molecular flexibility index (Phi) is 6.59. The van der Waals surface area contributed by atoms with Gasteiger partial charge in [-0.3, -0.25) is 0 Å². The van der Waals surface area contributed by atoms with E-state index in [0.29, 0.717) is 5.56 Å². The van der Waals surface area contributed by atoms with E-state index in [4.69, 9.17) is 4.98 Å². The van der Waals surface area contributed by atoms with E-state index in [1.54, 1.807) is 0 Å². The molecule has 0 aliphatic heterocycles. The highest BCUT2D eigenvalue weighted by Crippen LogP contribution is 2.53. The van der Waals surface area contributed by atoms with E-state index < -0.39 is 0 Å². The van der Waals surface area contributed by atoms with Crippen LogP contribution in [0.15, 0.2) is 164 Å². The molecule has 0 saturated carbocycles. The Bertz CT molecular complexity index is 2940. The maximum Gasteiger partial charge on any atom is 0.0991 e. The van der Waals surface area contributed by atoms with E-state index in [0.717, 1.165) is 55.6 Å². The van der Waals surface area contributed by atoms with Gasteiger partial charge >= 0.3 is 0 Å². The van der Waals surface area contributed by atoms with Crippen molar-refractivity contribution in [2.45, 2.75) is 19.3 Å². The molecule has 1 aliphatic carbocycles. The van der Waals surface area contributed by atoms with Crippen molar-refractivity contribution in [3.8, 4) is 56.4 Å². The van der Waals surface area contributed by atoms with Crippen molar-refractivity contribution in [3.05, 3.63) is 180 Å². The van der Waals surface area contributed by atoms with E-state index in [-0.39, 0.29) is 5.41 Å². The Balaban J connectivity index is 1.28. The molecule has 2 aromatic heterocycles. The van der Waals surface area contributed by atoms with Crippen molar-refractivity contribution in [2.75, 3.05) is 0 Å². The van der Waals surface area contributed by atoms with Gasteiger partial charge in [-0.25, -0.2) is 4.98 Å². The lowest BCUT2D eigenvalue weighted by molar-refractivity contribution is 0.666. The zero-order valence-electron chi connectivity index (χ0n) is 28.9. The molecule has 3 nitrogen and oxygen atoms in total. The van der Waals surface area contributed by atoms with Gasteiger partial charge in [0.1, 0.15) is 0 Å². The Morgan fingerprint density at radius 3 is 2.13 bits per heavy atom. The summed E-state index contributed by atoms with van der Waals surface area (Å²) in [6.07, 6.45) is 0. The lowest BCUT2D eigenvalue weighted by Gasteiger charge is -2.22. The highest BCUT2D eigenvalue weighted by molar-refractivity contribution is 6.14. The number of pyridine rings is 1. The number of rotatable bonds is 4. The molecule has 244 valence electrons. The molecule has 0 saturated heterocycles. The third-order valence-corrected chi connectivity index (χ3v) is 11.0. The lowest BCUT2D eigenvalue weighted by atomic mass is 9.80. The van der Waals surface area contributed by atoms with Crippen molar-refractivity contribution < 1.29 is 0 Å². The van der Waals surface area contributed by atoms with Crippen LogP contribution in [0.3, 0.4) is 0 Å². The molecule has 0 unspecified atom stereocenters. The fraction of sp³-hybridized carbons (Fsp3) is 0.0612. The molecule has 0 bridgehead atoms. The summed E-state index contributed by atoms with van der Waals surface area (Å²) in [5, 5.41) is 13.5. The normalized spacial score (nSPS) is 12.9. The van der Waals surface area contributed by atoms with E-state index in [9.17, 15) is 5.26 Å². The van der Waals surface area contributed by atoms with Crippen LogP contribution >= 0.6 is 0 Å². The van der Waals surface area contributed by atoms with Gasteiger partial charge in [0.2, 0.25) is 0 Å². The molecular formula is C49H33N3. The van der Waals surface area contributed by atoms with Gasteiger partial charge in [-0.15, -0.1) is 0 Å². The Labute approximate surface area is 302 Å². The zero-order chi connectivity index (χ0) is 35.0. The molecule has 1 aliphatic rings. The predicted molar refractivity (Wildman–Crippen MR) is 215 cm³/mol. The standard InChI is InChI=1S/C49H33N3/c1-49(2)42-20-9-6-17-37(42)39-23-24-46-47(48(39)49)40-19-8-11-22-45(40)52(46)36-27-34(33-16-12-13-31(25-33)30-50)26-35(28-36)44-29-41(32-14-4-3-5-15-32)38-18-7-10-21-43(38)51-44/h3-29H,1-2H3. The number of hydrogen-bond acceptors (Lipinski definition) is 2. The minimum atomic E-state index is -0.159. The third-order valence-electron chi connectivity index (χ3n) is 11.0. The molecule has 0 spiro atoms. The van der Waals surface area contributed by atoms with Gasteiger partial charge in [-0.05, 0) is 99.1 Å². The van der Waals surface area contributed by atoms with Crippen LogP contribution in [0.5, 0.6) is 0 Å². The topological polar surface area (TPSA) is 41.6 Å². The number of para-hydroxylation sites is 2. The van der Waals surface area contributed by atoms with Crippen molar-refractivity contribution >= 4 is 32.7 Å². The van der Waals surface area contributed by atoms with Gasteiger partial charge in [0.05, 0.1) is 33.9 Å². The first-order valence-electron chi connectivity index (χ1n) is 17.8. The van der Waals surface area contributed by atoms with Crippen LogP contribution in [-0.4, -0.2) is 9.55 Å². The predicted octanol–water partition coefficient (Wildman–Crippen LogP) is 12.5. The van der Waals surface area contributed by atoms with Crippen LogP contribution in [-0.2, 0) is 5.41 Å². The fourth-order valence-electron chi connectivity index (χ4n) is 8.61. The van der Waals surface area contributed by atoms with Crippen molar-refractivity contribution in [2.24, 2.45) is 0 Å². The number of aromatic nitrogens is 2. The Hall–Kier alpha value is -6.76. The largest absolute Gasteiger partial charge is 0.309 e. The molecule has 0 amide bonds. The average Bonchev–Trinajstić information content (AvgIpc) is 3.66. The summed E-state index contributed by atoms with van der Waals surface area (Å²) in [4.78, 5) is 5.27. The summed E-state index contributed by atoms with van der Waals surface area (Å²) in [6, 6.07) is 60.4. The summed E-state index contributed by atoms with van der Waals surface area (Å²) in [5.74, 6) is 0. The average molecular weight is 664 g/mol. The second-order valence-corrected chi connectivity index (χ2v) is 14.3. The summed E-state index contributed by atoms with van der Waals surface area (Å²) >= 11 is 0. The fourth-order valence-corrected chi connectivity index (χ4v) is 8.61. The first-order valence-corrected chi connectivity index (χ1v) is 17.8. The summed E-state index contributed by atoms with van der Waals surface area (Å²) < 4.78 is 2.42. The molecule has 0 atom stereocenters. The van der Waals surface area contributed by atoms with Gasteiger partial charge in [0.25, 0.3) is 0 Å². The number of nitrogens with zero attached hydrogens (tertiary/aromatic N) is 3. The molecule has 10 rings (SSSR count). The molecular weight excluding hydrogens is 631 g/mol. The molecule has 2 heterocycles. The van der Waals surface area contributed by atoms with E-state index in [1.165, 1.54) is 38.5 Å². The maximum absolute atomic E-state index is 9.84. The van der Waals surface area contributed by atoms with Crippen LogP contribution in [0.1, 0.15) is 30.5 Å². The monoisotopic (exact) mass is 663 g/mol. The van der Waals surface area contributed by atoms with E-state index >= 15 is 0 Å². The first-order chi connectivity index (χ1) is 25.5. The third kappa shape index (κ3) is 4.48. The van der Waals surface area contributed by atoms with Crippen molar-refractivity contribution in [1.29, 1.82) is 5.26 Å². The van der Waals surface area contributed by atoms with Gasteiger partial charge in [-0.2, -0.15) is 5.26 Å². The highest BCUT2D eigenvalue weighted by atomic mass is 15.0. The van der Waals surface area contributed by atoms with E-state index in [2.05, 4.69) is 170 Å². The lowest BCUT2D eigenvalue weighted by Crippen LogP contribution is -2.15. The molecule has 7 aromatic carbocycles. The molecule has 0 N–H and O–H groups in total. The molecule has 52 heavy (non-hydrogen) atoms. The summed E-state index contributed by atoms with van der Waals surface area (Å²) in [5.41, 5.74) is 16.4. The minimum Gasteiger partial charge on any atom is -0.309 e. The van der Waals surface area contributed by atoms with Crippen LogP contribution in [0.2, 0.25) is 0 Å². The summed E-state index contributed by atoms with van der Waals surface area (Å²) in [7, 11) is 0.